The second kappa shape index (κ2) is 11.2. The molecule has 2 aromatic rings. The highest BCUT2D eigenvalue weighted by molar-refractivity contribution is 14.1. The summed E-state index contributed by atoms with van der Waals surface area (Å²) in [6, 6.07) is 12.4. The maximum absolute atomic E-state index is 12.4. The number of hydrogen-bond acceptors (Lipinski definition) is 6. The summed E-state index contributed by atoms with van der Waals surface area (Å²) in [6.45, 7) is 2.14. The molecule has 2 aromatic carbocycles. The van der Waals surface area contributed by atoms with Crippen molar-refractivity contribution in [3.05, 3.63) is 57.2 Å². The Morgan fingerprint density at radius 3 is 2.61 bits per heavy atom. The molecule has 1 atom stereocenters. The largest absolute Gasteiger partial charge is 0.508 e. The van der Waals surface area contributed by atoms with Gasteiger partial charge in [0.05, 0.1) is 12.4 Å². The molecule has 0 fully saturated rings. The molecule has 0 unspecified atom stereocenters. The number of aryl methyl sites for hydroxylation is 1. The summed E-state index contributed by atoms with van der Waals surface area (Å²) in [4.78, 5) is 23.5. The van der Waals surface area contributed by atoms with Crippen LogP contribution in [0.5, 0.6) is 5.75 Å². The number of phenols is 1. The molecule has 0 aliphatic heterocycles. The summed E-state index contributed by atoms with van der Waals surface area (Å²) >= 11 is 5.98. The summed E-state index contributed by atoms with van der Waals surface area (Å²) < 4.78 is 11.5. The third kappa shape index (κ3) is 7.23. The first-order chi connectivity index (χ1) is 13.4. The van der Waals surface area contributed by atoms with Crippen LogP contribution >= 0.6 is 35.2 Å². The Hall–Kier alpha value is -1.94. The first-order valence-corrected chi connectivity index (χ1v) is 10.4. The molecule has 6 nitrogen and oxygen atoms in total. The normalized spacial score (nSPS) is 11.5. The Morgan fingerprint density at radius 1 is 1.21 bits per heavy atom. The third-order valence-corrected chi connectivity index (χ3v) is 4.82. The van der Waals surface area contributed by atoms with Crippen molar-refractivity contribution in [2.24, 2.45) is 0 Å². The van der Waals surface area contributed by atoms with Crippen LogP contribution in [0, 0.1) is 10.5 Å². The van der Waals surface area contributed by atoms with Crippen molar-refractivity contribution in [3.8, 4) is 5.75 Å². The molecular formula is C20H22INO5S. The minimum Gasteiger partial charge on any atom is -0.508 e. The fourth-order valence-electron chi connectivity index (χ4n) is 2.47. The van der Waals surface area contributed by atoms with Crippen LogP contribution in [-0.2, 0) is 14.3 Å². The molecule has 0 saturated heterocycles. The van der Waals surface area contributed by atoms with Gasteiger partial charge in [0, 0.05) is 14.8 Å². The van der Waals surface area contributed by atoms with Crippen LogP contribution < -0.4 is 5.32 Å². The van der Waals surface area contributed by atoms with E-state index in [1.54, 1.807) is 30.3 Å². The molecule has 2 rings (SSSR count). The molecule has 0 heterocycles. The van der Waals surface area contributed by atoms with Crippen molar-refractivity contribution in [3.63, 3.8) is 0 Å². The zero-order chi connectivity index (χ0) is 20.5. The smallest absolute Gasteiger partial charge is 0.412 e. The summed E-state index contributed by atoms with van der Waals surface area (Å²) in [5.74, 6) is -0.354. The van der Waals surface area contributed by atoms with Gasteiger partial charge in [-0.1, -0.05) is 17.7 Å². The summed E-state index contributed by atoms with van der Waals surface area (Å²) in [7, 11) is 0. The number of benzene rings is 2. The number of amides is 1. The van der Waals surface area contributed by atoms with Gasteiger partial charge in [-0.25, -0.2) is 4.79 Å². The molecule has 1 amide bonds. The highest BCUT2D eigenvalue weighted by Crippen LogP contribution is 2.32. The summed E-state index contributed by atoms with van der Waals surface area (Å²) in [5, 5.41) is 12.9. The number of carbonyl (C=O) groups is 2. The molecule has 0 spiro atoms. The van der Waals surface area contributed by atoms with Crippen LogP contribution in [0.4, 0.5) is 10.5 Å². The van der Waals surface area contributed by atoms with Crippen molar-refractivity contribution in [2.45, 2.75) is 25.9 Å². The quantitative estimate of drug-likeness (QED) is 0.203. The summed E-state index contributed by atoms with van der Waals surface area (Å²) in [5.41, 5.74) is 2.20. The molecule has 0 bridgehead atoms. The van der Waals surface area contributed by atoms with Crippen LogP contribution in [0.15, 0.2) is 42.5 Å². The van der Waals surface area contributed by atoms with Gasteiger partial charge >= 0.3 is 12.1 Å². The van der Waals surface area contributed by atoms with Crippen molar-refractivity contribution >= 4 is 53.0 Å². The van der Waals surface area contributed by atoms with E-state index < -0.39 is 18.2 Å². The van der Waals surface area contributed by atoms with Gasteiger partial charge in [-0.2, -0.15) is 12.6 Å². The highest BCUT2D eigenvalue weighted by atomic mass is 127. The Balaban J connectivity index is 2.06. The number of rotatable bonds is 8. The lowest BCUT2D eigenvalue weighted by molar-refractivity contribution is -0.140. The van der Waals surface area contributed by atoms with Gasteiger partial charge in [0.25, 0.3) is 0 Å². The van der Waals surface area contributed by atoms with Crippen LogP contribution in [0.2, 0.25) is 0 Å². The lowest BCUT2D eigenvalue weighted by Crippen LogP contribution is -2.18. The number of hydrogen-bond donors (Lipinski definition) is 3. The number of halogens is 1. The van der Waals surface area contributed by atoms with Crippen LogP contribution in [-0.4, -0.2) is 29.5 Å². The number of carbonyl (C=O) groups excluding carboxylic acids is 2. The molecule has 0 radical (unpaired) electrons. The number of aromatic hydroxyl groups is 1. The van der Waals surface area contributed by atoms with Gasteiger partial charge in [-0.15, -0.1) is 0 Å². The Morgan fingerprint density at radius 2 is 1.93 bits per heavy atom. The molecular weight excluding hydrogens is 493 g/mol. The van der Waals surface area contributed by atoms with E-state index in [-0.39, 0.29) is 18.1 Å². The van der Waals surface area contributed by atoms with Gasteiger partial charge in [-0.3, -0.25) is 10.1 Å². The first-order valence-electron chi connectivity index (χ1n) is 8.68. The average Bonchev–Trinajstić information content (AvgIpc) is 2.67. The molecule has 2 N–H and O–H groups in total. The molecule has 0 saturated carbocycles. The number of ether oxygens (including phenoxy) is 2. The third-order valence-electron chi connectivity index (χ3n) is 3.89. The van der Waals surface area contributed by atoms with Crippen LogP contribution in [0.3, 0.4) is 0 Å². The second-order valence-corrected chi connectivity index (χ2v) is 7.67. The average molecular weight is 515 g/mol. The minimum absolute atomic E-state index is 0.0105. The Labute approximate surface area is 183 Å². The van der Waals surface area contributed by atoms with Crippen LogP contribution in [0.25, 0.3) is 0 Å². The van der Waals surface area contributed by atoms with E-state index in [1.165, 1.54) is 0 Å². The Bertz CT molecular complexity index is 813. The topological polar surface area (TPSA) is 84.9 Å². The predicted molar refractivity (Wildman–Crippen MR) is 119 cm³/mol. The minimum atomic E-state index is -0.685. The second-order valence-electron chi connectivity index (χ2n) is 6.11. The maximum Gasteiger partial charge on any atom is 0.412 e. The van der Waals surface area contributed by atoms with E-state index in [2.05, 4.69) is 40.5 Å². The molecule has 150 valence electrons. The summed E-state index contributed by atoms with van der Waals surface area (Å²) in [6.07, 6.45) is -0.462. The molecule has 8 heteroatoms. The van der Waals surface area contributed by atoms with Gasteiger partial charge in [0.1, 0.15) is 11.9 Å². The van der Waals surface area contributed by atoms with E-state index in [0.717, 1.165) is 9.13 Å². The maximum atomic E-state index is 12.4. The van der Waals surface area contributed by atoms with E-state index in [4.69, 9.17) is 9.47 Å². The fraction of sp³-hybridized carbons (Fsp3) is 0.300. The number of esters is 1. The molecule has 28 heavy (non-hydrogen) atoms. The SMILES string of the molecule is Cc1ccc(NC(=O)O[C@@H](CCCOC(=O)CS)c2cc(I)ccc2O)cc1. The predicted octanol–water partition coefficient (Wildman–Crippen LogP) is 4.85. The van der Waals surface area contributed by atoms with Gasteiger partial charge in [0.2, 0.25) is 0 Å². The van der Waals surface area contributed by atoms with Crippen molar-refractivity contribution < 1.29 is 24.2 Å². The molecule has 0 aromatic heterocycles. The van der Waals surface area contributed by atoms with Crippen molar-refractivity contribution in [2.75, 3.05) is 17.7 Å². The monoisotopic (exact) mass is 515 g/mol. The number of thiol groups is 1. The van der Waals surface area contributed by atoms with Crippen molar-refractivity contribution in [1.29, 1.82) is 0 Å². The van der Waals surface area contributed by atoms with Gasteiger partial charge in [-0.05, 0) is 72.7 Å². The van der Waals surface area contributed by atoms with Crippen molar-refractivity contribution in [1.82, 2.24) is 0 Å². The lowest BCUT2D eigenvalue weighted by Gasteiger charge is -2.20. The lowest BCUT2D eigenvalue weighted by atomic mass is 10.0. The standard InChI is InChI=1S/C20H22INO5S/c1-13-4-7-15(8-5-13)22-20(25)27-18(3-2-10-26-19(24)12-28)16-11-14(21)6-9-17(16)23/h4-9,11,18,23,28H,2-3,10,12H2,1H3,(H,22,25)/t18-/m0/s1. The number of phenolic OH excluding ortho intramolecular Hbond substituents is 1. The van der Waals surface area contributed by atoms with E-state index in [9.17, 15) is 14.7 Å². The van der Waals surface area contributed by atoms with E-state index in [0.29, 0.717) is 24.1 Å². The number of anilines is 1. The first kappa shape index (κ1) is 22.4. The number of nitrogens with one attached hydrogen (secondary N) is 1. The van der Waals surface area contributed by atoms with Crippen LogP contribution in [0.1, 0.15) is 30.1 Å². The molecule has 0 aliphatic carbocycles. The fourth-order valence-corrected chi connectivity index (χ4v) is 3.08. The van der Waals surface area contributed by atoms with Gasteiger partial charge in [0.15, 0.2) is 0 Å². The highest BCUT2D eigenvalue weighted by Gasteiger charge is 2.21. The molecule has 0 aliphatic rings. The van der Waals surface area contributed by atoms with E-state index in [1.807, 2.05) is 19.1 Å². The zero-order valence-electron chi connectivity index (χ0n) is 15.4. The Kier molecular flexibility index (Phi) is 8.91. The van der Waals surface area contributed by atoms with E-state index >= 15 is 0 Å². The van der Waals surface area contributed by atoms with Gasteiger partial charge < -0.3 is 14.6 Å². The zero-order valence-corrected chi connectivity index (χ0v) is 18.4.